The van der Waals surface area contributed by atoms with E-state index < -0.39 is 0 Å². The molecule has 5 nitrogen and oxygen atoms in total. The Labute approximate surface area is 100 Å². The smallest absolute Gasteiger partial charge is 0.266 e. The van der Waals surface area contributed by atoms with E-state index in [2.05, 4.69) is 15.5 Å². The molecule has 1 fully saturated rings. The van der Waals surface area contributed by atoms with Crippen LogP contribution in [0.5, 0.6) is 0 Å². The van der Waals surface area contributed by atoms with E-state index in [4.69, 9.17) is 0 Å². The minimum Gasteiger partial charge on any atom is -0.396 e. The second kappa shape index (κ2) is 5.82. The first kappa shape index (κ1) is 12.1. The average molecular weight is 237 g/mol. The van der Waals surface area contributed by atoms with E-state index >= 15 is 0 Å². The molecule has 0 amide bonds. The molecular weight excluding hydrogens is 218 g/mol. The number of hydrogen-bond donors (Lipinski definition) is 3. The number of nitrogens with one attached hydrogen (secondary N) is 2. The van der Waals surface area contributed by atoms with Gasteiger partial charge in [0.1, 0.15) is 0 Å². The lowest BCUT2D eigenvalue weighted by Gasteiger charge is -2.30. The minimum absolute atomic E-state index is 0.197. The number of hydrogen-bond acceptors (Lipinski definition) is 4. The van der Waals surface area contributed by atoms with Gasteiger partial charge < -0.3 is 10.4 Å². The molecule has 0 aromatic carbocycles. The van der Waals surface area contributed by atoms with E-state index in [1.54, 1.807) is 6.20 Å². The fourth-order valence-electron chi connectivity index (χ4n) is 2.52. The molecule has 0 bridgehead atoms. The quantitative estimate of drug-likeness (QED) is 0.729. The highest BCUT2D eigenvalue weighted by molar-refractivity contribution is 5.38. The Morgan fingerprint density at radius 2 is 2.18 bits per heavy atom. The third kappa shape index (κ3) is 3.30. The number of anilines is 1. The molecule has 1 aliphatic rings. The summed E-state index contributed by atoms with van der Waals surface area (Å²) < 4.78 is 0. The van der Waals surface area contributed by atoms with Gasteiger partial charge in [-0.15, -0.1) is 0 Å². The van der Waals surface area contributed by atoms with Gasteiger partial charge in [0.2, 0.25) is 0 Å². The number of aliphatic hydroxyl groups excluding tert-OH is 1. The molecule has 1 aromatic rings. The maximum atomic E-state index is 11.1. The first-order valence-electron chi connectivity index (χ1n) is 6.19. The molecule has 0 aliphatic heterocycles. The van der Waals surface area contributed by atoms with Crippen LogP contribution in [0.15, 0.2) is 17.1 Å². The van der Waals surface area contributed by atoms with Crippen molar-refractivity contribution < 1.29 is 5.11 Å². The van der Waals surface area contributed by atoms with Gasteiger partial charge >= 0.3 is 0 Å². The number of rotatable bonds is 4. The molecule has 1 aromatic heterocycles. The fourth-order valence-corrected chi connectivity index (χ4v) is 2.52. The van der Waals surface area contributed by atoms with Gasteiger partial charge in [0, 0.05) is 19.2 Å². The van der Waals surface area contributed by atoms with Gasteiger partial charge in [-0.2, -0.15) is 5.10 Å². The molecule has 5 heteroatoms. The summed E-state index contributed by atoms with van der Waals surface area (Å²) in [6.07, 6.45) is 6.31. The Balaban J connectivity index is 1.90. The first-order valence-corrected chi connectivity index (χ1v) is 6.19. The standard InChI is InChI=1S/C12H19N3O2/c16-8-10-4-2-1-3-9(10)6-13-11-5-12(17)15-14-7-11/h5,7,9-10,16H,1-4,6,8H2,(H2,13,15,17). The van der Waals surface area contributed by atoms with Gasteiger partial charge in [-0.05, 0) is 24.7 Å². The normalized spacial score (nSPS) is 24.5. The highest BCUT2D eigenvalue weighted by Gasteiger charge is 2.23. The number of aromatic nitrogens is 2. The predicted molar refractivity (Wildman–Crippen MR) is 65.9 cm³/mol. The van der Waals surface area contributed by atoms with Gasteiger partial charge in [0.05, 0.1) is 11.9 Å². The number of nitrogens with zero attached hydrogens (tertiary/aromatic N) is 1. The molecule has 17 heavy (non-hydrogen) atoms. The second-order valence-corrected chi connectivity index (χ2v) is 4.70. The van der Waals surface area contributed by atoms with Crippen LogP contribution in [0, 0.1) is 11.8 Å². The van der Waals surface area contributed by atoms with Gasteiger partial charge in [-0.25, -0.2) is 5.10 Å². The summed E-state index contributed by atoms with van der Waals surface area (Å²) in [5.41, 5.74) is 0.549. The predicted octanol–water partition coefficient (Wildman–Crippen LogP) is 0.980. The lowest BCUT2D eigenvalue weighted by atomic mass is 9.79. The van der Waals surface area contributed by atoms with E-state index in [0.29, 0.717) is 11.8 Å². The highest BCUT2D eigenvalue weighted by Crippen LogP contribution is 2.29. The molecule has 2 unspecified atom stereocenters. The summed E-state index contributed by atoms with van der Waals surface area (Å²) in [5, 5.41) is 18.6. The lowest BCUT2D eigenvalue weighted by Crippen LogP contribution is -2.28. The van der Waals surface area contributed by atoms with Crippen molar-refractivity contribution in [2.75, 3.05) is 18.5 Å². The van der Waals surface area contributed by atoms with E-state index in [1.807, 2.05) is 0 Å². The number of H-pyrrole nitrogens is 1. The molecule has 0 radical (unpaired) electrons. The molecular formula is C12H19N3O2. The van der Waals surface area contributed by atoms with Crippen molar-refractivity contribution in [1.82, 2.24) is 10.2 Å². The van der Waals surface area contributed by atoms with E-state index in [0.717, 1.165) is 25.1 Å². The average Bonchev–Trinajstić information content (AvgIpc) is 2.37. The largest absolute Gasteiger partial charge is 0.396 e. The van der Waals surface area contributed by atoms with E-state index in [-0.39, 0.29) is 12.2 Å². The van der Waals surface area contributed by atoms with Gasteiger partial charge in [0.25, 0.3) is 5.56 Å². The fraction of sp³-hybridized carbons (Fsp3) is 0.667. The molecule has 2 atom stereocenters. The van der Waals surface area contributed by atoms with Crippen LogP contribution in [0.4, 0.5) is 5.69 Å². The zero-order valence-electron chi connectivity index (χ0n) is 9.85. The zero-order valence-corrected chi connectivity index (χ0v) is 9.85. The van der Waals surface area contributed by atoms with Crippen LogP contribution in [0.2, 0.25) is 0 Å². The Kier molecular flexibility index (Phi) is 4.14. The third-order valence-corrected chi connectivity index (χ3v) is 3.53. The Bertz CT molecular complexity index is 405. The van der Waals surface area contributed by atoms with Crippen molar-refractivity contribution in [2.45, 2.75) is 25.7 Å². The van der Waals surface area contributed by atoms with Gasteiger partial charge in [-0.1, -0.05) is 12.8 Å². The van der Waals surface area contributed by atoms with Crippen molar-refractivity contribution in [3.8, 4) is 0 Å². The Hall–Kier alpha value is -1.36. The van der Waals surface area contributed by atoms with Crippen molar-refractivity contribution in [3.63, 3.8) is 0 Å². The van der Waals surface area contributed by atoms with Crippen LogP contribution in [-0.4, -0.2) is 28.5 Å². The van der Waals surface area contributed by atoms with Crippen molar-refractivity contribution in [1.29, 1.82) is 0 Å². The van der Waals surface area contributed by atoms with Gasteiger partial charge in [-0.3, -0.25) is 4.79 Å². The zero-order chi connectivity index (χ0) is 12.1. The minimum atomic E-state index is -0.197. The topological polar surface area (TPSA) is 78.0 Å². The van der Waals surface area contributed by atoms with Crippen LogP contribution in [0.25, 0.3) is 0 Å². The number of aromatic amines is 1. The van der Waals surface area contributed by atoms with Crippen molar-refractivity contribution in [2.24, 2.45) is 11.8 Å². The molecule has 1 heterocycles. The number of aliphatic hydroxyl groups is 1. The SMILES string of the molecule is O=c1cc(NCC2CCCCC2CO)cn[nH]1. The summed E-state index contributed by atoms with van der Waals surface area (Å²) in [6, 6.07) is 1.50. The van der Waals surface area contributed by atoms with Crippen LogP contribution >= 0.6 is 0 Å². The van der Waals surface area contributed by atoms with Crippen LogP contribution in [-0.2, 0) is 0 Å². The van der Waals surface area contributed by atoms with Crippen LogP contribution < -0.4 is 10.9 Å². The Morgan fingerprint density at radius 1 is 1.41 bits per heavy atom. The van der Waals surface area contributed by atoms with Gasteiger partial charge in [0.15, 0.2) is 0 Å². The molecule has 2 rings (SSSR count). The van der Waals surface area contributed by atoms with Crippen LogP contribution in [0.3, 0.4) is 0 Å². The van der Waals surface area contributed by atoms with E-state index in [9.17, 15) is 9.90 Å². The maximum Gasteiger partial charge on any atom is 0.266 e. The van der Waals surface area contributed by atoms with Crippen molar-refractivity contribution in [3.05, 3.63) is 22.6 Å². The summed E-state index contributed by atoms with van der Waals surface area (Å²) in [4.78, 5) is 11.1. The molecule has 0 saturated heterocycles. The third-order valence-electron chi connectivity index (χ3n) is 3.53. The van der Waals surface area contributed by atoms with E-state index in [1.165, 1.54) is 18.9 Å². The molecule has 1 saturated carbocycles. The molecule has 94 valence electrons. The van der Waals surface area contributed by atoms with Crippen molar-refractivity contribution >= 4 is 5.69 Å². The summed E-state index contributed by atoms with van der Waals surface area (Å²) >= 11 is 0. The van der Waals surface area contributed by atoms with Crippen LogP contribution in [0.1, 0.15) is 25.7 Å². The highest BCUT2D eigenvalue weighted by atomic mass is 16.3. The molecule has 3 N–H and O–H groups in total. The molecule has 0 spiro atoms. The monoisotopic (exact) mass is 237 g/mol. The summed E-state index contributed by atoms with van der Waals surface area (Å²) in [5.74, 6) is 0.888. The summed E-state index contributed by atoms with van der Waals surface area (Å²) in [7, 11) is 0. The summed E-state index contributed by atoms with van der Waals surface area (Å²) in [6.45, 7) is 1.07. The second-order valence-electron chi connectivity index (χ2n) is 4.70. The molecule has 1 aliphatic carbocycles. The maximum absolute atomic E-state index is 11.1. The first-order chi connectivity index (χ1) is 8.29. The lowest BCUT2D eigenvalue weighted by molar-refractivity contribution is 0.141. The Morgan fingerprint density at radius 3 is 2.88 bits per heavy atom.